The van der Waals surface area contributed by atoms with Crippen LogP contribution in [-0.2, 0) is 39.5 Å². The Bertz CT molecular complexity index is 1580. The molecule has 1 N–H and O–H groups in total. The van der Waals surface area contributed by atoms with Crippen LogP contribution in [0.2, 0.25) is 6.32 Å². The Morgan fingerprint density at radius 2 is 1.55 bits per heavy atom. The molecule has 2 aliphatic heterocycles. The van der Waals surface area contributed by atoms with Gasteiger partial charge in [-0.3, -0.25) is 4.79 Å². The summed E-state index contributed by atoms with van der Waals surface area (Å²) in [6.45, 7) is 25.0. The Morgan fingerprint density at radius 1 is 0.925 bits per heavy atom. The van der Waals surface area contributed by atoms with Gasteiger partial charge in [0.05, 0.1) is 31.2 Å². The van der Waals surface area contributed by atoms with Gasteiger partial charge in [-0.25, -0.2) is 14.4 Å². The van der Waals surface area contributed by atoms with E-state index in [0.717, 1.165) is 17.5 Å². The molecule has 5 atom stereocenters. The molecule has 0 spiro atoms. The van der Waals surface area contributed by atoms with E-state index in [2.05, 4.69) is 26.1 Å². The number of nitrogens with one attached hydrogen (secondary N) is 1. The summed E-state index contributed by atoms with van der Waals surface area (Å²) in [5, 5.41) is 2.50. The predicted molar refractivity (Wildman–Crippen MR) is 200 cm³/mol. The normalized spacial score (nSPS) is 25.7. The number of aryl methyl sites for hydroxylation is 1. The van der Waals surface area contributed by atoms with Crippen molar-refractivity contribution in [1.29, 1.82) is 0 Å². The lowest BCUT2D eigenvalue weighted by Crippen LogP contribution is -2.65. The van der Waals surface area contributed by atoms with Gasteiger partial charge in [-0.1, -0.05) is 19.9 Å². The van der Waals surface area contributed by atoms with Crippen LogP contribution in [-0.4, -0.2) is 89.7 Å². The molecule has 2 saturated heterocycles. The molecule has 5 aliphatic rings. The van der Waals surface area contributed by atoms with Crippen LogP contribution < -0.4 is 10.1 Å². The lowest BCUT2D eigenvalue weighted by atomic mass is 9.43. The minimum atomic E-state index is -1.24. The van der Waals surface area contributed by atoms with E-state index in [-0.39, 0.29) is 49.7 Å². The Kier molecular flexibility index (Phi) is 11.1. The van der Waals surface area contributed by atoms with Crippen LogP contribution in [0.3, 0.4) is 0 Å². The molecule has 1 aromatic rings. The van der Waals surface area contributed by atoms with Gasteiger partial charge in [0.2, 0.25) is 5.91 Å². The number of hydrogen-bond acceptors (Lipinski definition) is 10. The number of carbonyl (C=O) groups is 4. The van der Waals surface area contributed by atoms with Crippen molar-refractivity contribution in [3.63, 3.8) is 0 Å². The number of likely N-dealkylation sites (tertiary alicyclic amines) is 1. The summed E-state index contributed by atoms with van der Waals surface area (Å²) in [5.41, 5.74) is -0.253. The van der Waals surface area contributed by atoms with Crippen LogP contribution in [0.1, 0.15) is 124 Å². The number of hydrogen-bond donors (Lipinski definition) is 1. The van der Waals surface area contributed by atoms with Gasteiger partial charge >= 0.3 is 25.2 Å². The zero-order chi connectivity index (χ0) is 39.5. The second-order valence-corrected chi connectivity index (χ2v) is 19.1. The highest BCUT2D eigenvalue weighted by Crippen LogP contribution is 2.65. The van der Waals surface area contributed by atoms with Gasteiger partial charge in [0, 0.05) is 0 Å². The van der Waals surface area contributed by atoms with Gasteiger partial charge in [-0.15, -0.1) is 0 Å². The minimum absolute atomic E-state index is 0.108. The molecule has 0 radical (unpaired) electrons. The molecular weight excluding hydrogens is 679 g/mol. The second-order valence-electron chi connectivity index (χ2n) is 19.1. The van der Waals surface area contributed by atoms with Crippen LogP contribution in [0.4, 0.5) is 4.79 Å². The zero-order valence-corrected chi connectivity index (χ0v) is 34.1. The lowest BCUT2D eigenvalue weighted by Gasteiger charge is -2.64. The number of benzene rings is 1. The highest BCUT2D eigenvalue weighted by Gasteiger charge is 2.67. The second kappa shape index (κ2) is 14.4. The van der Waals surface area contributed by atoms with Crippen molar-refractivity contribution in [2.45, 2.75) is 163 Å². The van der Waals surface area contributed by atoms with Crippen LogP contribution in [0.15, 0.2) is 12.1 Å². The van der Waals surface area contributed by atoms with Crippen LogP contribution in [0, 0.1) is 24.2 Å². The summed E-state index contributed by atoms with van der Waals surface area (Å²) >= 11 is 0. The standard InChI is InChI=1S/C40H61BN2O10/c1-23-24(16-17-41-52-30-19-25-18-29(39(25,11)12)40(30,13)53-41)14-15-28(32(23)34(46)50-37(5,6)7)48-26-21-43(22-26)31(44)20-27(33(45)49-36(2,3)4)42-35(47)51-38(8,9)10/h14-15,25-27,29-30H,16-22H2,1-13H3,(H,42,47)/t25-,27-,29-,30+,40-/m0/s1. The highest BCUT2D eigenvalue weighted by atomic mass is 16.7. The number of nitrogens with zero attached hydrogens (tertiary/aromatic N) is 1. The summed E-state index contributed by atoms with van der Waals surface area (Å²) in [7, 11) is -0.312. The third kappa shape index (κ3) is 9.32. The van der Waals surface area contributed by atoms with Gasteiger partial charge in [0.25, 0.3) is 0 Å². The van der Waals surface area contributed by atoms with E-state index < -0.39 is 47.0 Å². The third-order valence-electron chi connectivity index (χ3n) is 11.0. The fourth-order valence-corrected chi connectivity index (χ4v) is 8.25. The molecule has 53 heavy (non-hydrogen) atoms. The summed E-state index contributed by atoms with van der Waals surface area (Å²) in [5.74, 6) is -0.0386. The molecule has 12 nitrogen and oxygen atoms in total. The Morgan fingerprint density at radius 3 is 2.13 bits per heavy atom. The van der Waals surface area contributed by atoms with E-state index in [9.17, 15) is 19.2 Å². The average molecular weight is 741 g/mol. The van der Waals surface area contributed by atoms with E-state index in [4.69, 9.17) is 28.3 Å². The van der Waals surface area contributed by atoms with E-state index in [1.54, 1.807) is 47.6 Å². The number of esters is 2. The topological polar surface area (TPSA) is 139 Å². The summed E-state index contributed by atoms with van der Waals surface area (Å²) in [4.78, 5) is 54.0. The summed E-state index contributed by atoms with van der Waals surface area (Å²) < 4.78 is 36.1. The van der Waals surface area contributed by atoms with Gasteiger partial charge < -0.3 is 38.5 Å². The SMILES string of the molecule is Cc1c(CCB2O[C@@H]3C[C@@H]4C[C@@H](C4(C)C)[C@]3(C)O2)ccc(OC2CN(C(=O)C[C@H](NC(=O)OC(C)(C)C)C(=O)OC(C)(C)C)C2)c1C(=O)OC(C)(C)C. The van der Waals surface area contributed by atoms with Gasteiger partial charge in [0.15, 0.2) is 0 Å². The van der Waals surface area contributed by atoms with E-state index in [1.165, 1.54) is 11.3 Å². The van der Waals surface area contributed by atoms with Crippen LogP contribution in [0.25, 0.3) is 0 Å². The zero-order valence-electron chi connectivity index (χ0n) is 34.1. The number of rotatable bonds is 10. The quantitative estimate of drug-likeness (QED) is 0.162. The van der Waals surface area contributed by atoms with Crippen molar-refractivity contribution in [3.8, 4) is 5.75 Å². The first-order valence-electron chi connectivity index (χ1n) is 19.1. The maximum atomic E-state index is 13.6. The van der Waals surface area contributed by atoms with Crippen molar-refractivity contribution in [1.82, 2.24) is 10.2 Å². The van der Waals surface area contributed by atoms with Crippen molar-refractivity contribution >= 4 is 31.1 Å². The van der Waals surface area contributed by atoms with E-state index >= 15 is 0 Å². The highest BCUT2D eigenvalue weighted by molar-refractivity contribution is 6.45. The Labute approximate surface area is 315 Å². The lowest BCUT2D eigenvalue weighted by molar-refractivity contribution is -0.199. The number of alkyl carbamates (subject to hydrolysis) is 1. The first kappa shape index (κ1) is 40.9. The molecular formula is C40H61BN2O10. The number of amides is 2. The van der Waals surface area contributed by atoms with Crippen molar-refractivity contribution < 1.29 is 47.4 Å². The van der Waals surface area contributed by atoms with Gasteiger partial charge in [-0.05, 0) is 136 Å². The molecule has 1 aromatic carbocycles. The molecule has 2 heterocycles. The largest absolute Gasteiger partial charge is 0.486 e. The fraction of sp³-hybridized carbons (Fsp3) is 0.750. The number of ether oxygens (including phenoxy) is 4. The molecule has 13 heteroatoms. The van der Waals surface area contributed by atoms with E-state index in [0.29, 0.717) is 35.9 Å². The third-order valence-corrected chi connectivity index (χ3v) is 11.0. The smallest absolute Gasteiger partial charge is 0.457 e. The molecule has 6 rings (SSSR count). The molecule has 0 aromatic heterocycles. The van der Waals surface area contributed by atoms with Crippen molar-refractivity contribution in [3.05, 3.63) is 28.8 Å². The summed E-state index contributed by atoms with van der Waals surface area (Å²) in [6, 6.07) is 2.52. The van der Waals surface area contributed by atoms with Gasteiger partial charge in [0.1, 0.15) is 40.3 Å². The molecule has 2 bridgehead atoms. The maximum absolute atomic E-state index is 13.6. The first-order valence-corrected chi connectivity index (χ1v) is 19.1. The fourth-order valence-electron chi connectivity index (χ4n) is 8.25. The monoisotopic (exact) mass is 740 g/mol. The van der Waals surface area contributed by atoms with Crippen molar-refractivity contribution in [2.75, 3.05) is 13.1 Å². The Hall–Kier alpha value is -3.32. The number of carbonyl (C=O) groups excluding carboxylic acids is 4. The van der Waals surface area contributed by atoms with Crippen LogP contribution >= 0.6 is 0 Å². The molecule has 294 valence electrons. The first-order chi connectivity index (χ1) is 24.3. The molecule has 5 fully saturated rings. The molecule has 0 unspecified atom stereocenters. The minimum Gasteiger partial charge on any atom is -0.486 e. The summed E-state index contributed by atoms with van der Waals surface area (Å²) in [6.07, 6.45) is 2.10. The molecule has 2 amide bonds. The van der Waals surface area contributed by atoms with Crippen LogP contribution in [0.5, 0.6) is 5.75 Å². The molecule has 3 aliphatic carbocycles. The maximum Gasteiger partial charge on any atom is 0.457 e. The molecule has 3 saturated carbocycles. The Balaban J connectivity index is 1.23. The van der Waals surface area contributed by atoms with Gasteiger partial charge in [-0.2, -0.15) is 0 Å². The van der Waals surface area contributed by atoms with Crippen molar-refractivity contribution in [2.24, 2.45) is 17.3 Å². The average Bonchev–Trinajstić information content (AvgIpc) is 3.31. The van der Waals surface area contributed by atoms with E-state index in [1.807, 2.05) is 33.8 Å². The predicted octanol–water partition coefficient (Wildman–Crippen LogP) is 6.44.